The van der Waals surface area contributed by atoms with Gasteiger partial charge in [-0.3, -0.25) is 0 Å². The third-order valence-electron chi connectivity index (χ3n) is 2.46. The van der Waals surface area contributed by atoms with Crippen LogP contribution in [0.1, 0.15) is 39.5 Å². The van der Waals surface area contributed by atoms with Crippen LogP contribution in [0.3, 0.4) is 0 Å². The summed E-state index contributed by atoms with van der Waals surface area (Å²) in [7, 11) is 0. The predicted molar refractivity (Wildman–Crippen MR) is 76.5 cm³/mol. The molecule has 4 nitrogen and oxygen atoms in total. The first-order valence-corrected chi connectivity index (χ1v) is 7.07. The van der Waals surface area contributed by atoms with Crippen molar-refractivity contribution in [3.63, 3.8) is 0 Å². The second kappa shape index (κ2) is 8.28. The van der Waals surface area contributed by atoms with Gasteiger partial charge in [0.05, 0.1) is 0 Å². The van der Waals surface area contributed by atoms with E-state index in [4.69, 9.17) is 0 Å². The number of hydrogen-bond acceptors (Lipinski definition) is 4. The molecule has 5 heteroatoms. The first-order valence-electron chi connectivity index (χ1n) is 6.27. The van der Waals surface area contributed by atoms with Gasteiger partial charge in [-0.25, -0.2) is 9.97 Å². The van der Waals surface area contributed by atoms with Crippen molar-refractivity contribution in [2.75, 3.05) is 23.7 Å². The second-order valence-electron chi connectivity index (χ2n) is 3.90. The molecule has 0 aromatic carbocycles. The summed E-state index contributed by atoms with van der Waals surface area (Å²) >= 11 is 3.52. The van der Waals surface area contributed by atoms with E-state index in [9.17, 15) is 0 Å². The van der Waals surface area contributed by atoms with E-state index in [1.807, 2.05) is 6.92 Å². The SMILES string of the molecule is CCCCCCNc1ncnc(NCC)c1Br. The van der Waals surface area contributed by atoms with Crippen molar-refractivity contribution in [2.24, 2.45) is 0 Å². The van der Waals surface area contributed by atoms with Gasteiger partial charge in [0, 0.05) is 13.1 Å². The average molecular weight is 301 g/mol. The van der Waals surface area contributed by atoms with Gasteiger partial charge in [0.2, 0.25) is 0 Å². The summed E-state index contributed by atoms with van der Waals surface area (Å²) in [5.41, 5.74) is 0. The molecular weight excluding hydrogens is 280 g/mol. The monoisotopic (exact) mass is 300 g/mol. The fourth-order valence-corrected chi connectivity index (χ4v) is 2.03. The van der Waals surface area contributed by atoms with Crippen molar-refractivity contribution in [3.05, 3.63) is 10.8 Å². The summed E-state index contributed by atoms with van der Waals surface area (Å²) in [4.78, 5) is 8.41. The molecule has 2 N–H and O–H groups in total. The van der Waals surface area contributed by atoms with Gasteiger partial charge in [-0.15, -0.1) is 0 Å². The largest absolute Gasteiger partial charge is 0.369 e. The van der Waals surface area contributed by atoms with Gasteiger partial charge in [-0.05, 0) is 29.3 Å². The van der Waals surface area contributed by atoms with Crippen LogP contribution in [0.15, 0.2) is 10.8 Å². The van der Waals surface area contributed by atoms with Crippen molar-refractivity contribution in [2.45, 2.75) is 39.5 Å². The van der Waals surface area contributed by atoms with Gasteiger partial charge in [0.25, 0.3) is 0 Å². The van der Waals surface area contributed by atoms with Crippen LogP contribution in [0.2, 0.25) is 0 Å². The summed E-state index contributed by atoms with van der Waals surface area (Å²) in [5, 5.41) is 6.52. The number of anilines is 2. The maximum absolute atomic E-state index is 4.23. The van der Waals surface area contributed by atoms with Gasteiger partial charge in [0.1, 0.15) is 22.4 Å². The molecule has 1 aromatic rings. The zero-order valence-electron chi connectivity index (χ0n) is 10.6. The van der Waals surface area contributed by atoms with Crippen LogP contribution in [0.25, 0.3) is 0 Å². The Morgan fingerprint density at radius 1 is 1.06 bits per heavy atom. The Labute approximate surface area is 112 Å². The molecule has 0 unspecified atom stereocenters. The smallest absolute Gasteiger partial charge is 0.145 e. The molecule has 0 radical (unpaired) electrons. The third-order valence-corrected chi connectivity index (χ3v) is 3.21. The summed E-state index contributed by atoms with van der Waals surface area (Å²) in [6.07, 6.45) is 6.60. The highest BCUT2D eigenvalue weighted by Crippen LogP contribution is 2.26. The molecule has 0 saturated carbocycles. The number of halogens is 1. The maximum atomic E-state index is 4.23. The Bertz CT molecular complexity index is 330. The van der Waals surface area contributed by atoms with Crippen molar-refractivity contribution in [3.8, 4) is 0 Å². The first kappa shape index (κ1) is 14.2. The molecule has 17 heavy (non-hydrogen) atoms. The molecule has 96 valence electrons. The Morgan fingerprint density at radius 3 is 2.41 bits per heavy atom. The Kier molecular flexibility index (Phi) is 6.93. The van der Waals surface area contributed by atoms with E-state index in [0.717, 1.165) is 29.2 Å². The van der Waals surface area contributed by atoms with Crippen LogP contribution in [-0.4, -0.2) is 23.1 Å². The van der Waals surface area contributed by atoms with Gasteiger partial charge in [-0.1, -0.05) is 26.2 Å². The number of aromatic nitrogens is 2. The molecule has 0 bridgehead atoms. The lowest BCUT2D eigenvalue weighted by Crippen LogP contribution is -2.07. The Hall–Kier alpha value is -0.840. The first-order chi connectivity index (χ1) is 8.29. The van der Waals surface area contributed by atoms with E-state index in [-0.39, 0.29) is 0 Å². The third kappa shape index (κ3) is 4.89. The van der Waals surface area contributed by atoms with Crippen molar-refractivity contribution in [1.29, 1.82) is 0 Å². The highest BCUT2D eigenvalue weighted by Gasteiger charge is 2.06. The molecule has 1 rings (SSSR count). The number of unbranched alkanes of at least 4 members (excludes halogenated alkanes) is 3. The van der Waals surface area contributed by atoms with Gasteiger partial charge in [0.15, 0.2) is 0 Å². The van der Waals surface area contributed by atoms with Crippen LogP contribution in [-0.2, 0) is 0 Å². The normalized spacial score (nSPS) is 10.3. The predicted octanol–water partition coefficient (Wildman–Crippen LogP) is 3.66. The van der Waals surface area contributed by atoms with Crippen LogP contribution >= 0.6 is 15.9 Å². The minimum absolute atomic E-state index is 0.846. The summed E-state index contributed by atoms with van der Waals surface area (Å²) < 4.78 is 0.914. The molecule has 0 spiro atoms. The van der Waals surface area contributed by atoms with Crippen LogP contribution in [0.5, 0.6) is 0 Å². The molecule has 0 aliphatic rings. The van der Waals surface area contributed by atoms with Crippen LogP contribution < -0.4 is 10.6 Å². The molecule has 0 saturated heterocycles. The molecule has 0 fully saturated rings. The highest BCUT2D eigenvalue weighted by atomic mass is 79.9. The Balaban J connectivity index is 2.44. The topological polar surface area (TPSA) is 49.8 Å². The van der Waals surface area contributed by atoms with Gasteiger partial charge < -0.3 is 10.6 Å². The van der Waals surface area contributed by atoms with E-state index < -0.39 is 0 Å². The van der Waals surface area contributed by atoms with E-state index >= 15 is 0 Å². The number of hydrogen-bond donors (Lipinski definition) is 2. The minimum atomic E-state index is 0.846. The maximum Gasteiger partial charge on any atom is 0.145 e. The lowest BCUT2D eigenvalue weighted by Gasteiger charge is -2.10. The van der Waals surface area contributed by atoms with E-state index in [1.54, 1.807) is 6.33 Å². The number of nitrogens with one attached hydrogen (secondary N) is 2. The minimum Gasteiger partial charge on any atom is -0.369 e. The zero-order valence-corrected chi connectivity index (χ0v) is 12.2. The standard InChI is InChI=1S/C12H21BrN4/c1-3-5-6-7-8-15-12-10(13)11(14-4-2)16-9-17-12/h9H,3-8H2,1-2H3,(H2,14,15,16,17). The summed E-state index contributed by atoms with van der Waals surface area (Å²) in [6, 6.07) is 0. The number of rotatable bonds is 8. The van der Waals surface area contributed by atoms with Crippen molar-refractivity contribution < 1.29 is 0 Å². The van der Waals surface area contributed by atoms with Crippen LogP contribution in [0.4, 0.5) is 11.6 Å². The molecule has 0 aliphatic carbocycles. The van der Waals surface area contributed by atoms with Crippen molar-refractivity contribution >= 4 is 27.6 Å². The summed E-state index contributed by atoms with van der Waals surface area (Å²) in [6.45, 7) is 6.08. The van der Waals surface area contributed by atoms with Gasteiger partial charge in [-0.2, -0.15) is 0 Å². The highest BCUT2D eigenvalue weighted by molar-refractivity contribution is 9.10. The molecule has 1 heterocycles. The average Bonchev–Trinajstić information content (AvgIpc) is 2.33. The molecule has 1 aromatic heterocycles. The molecule has 0 amide bonds. The molecular formula is C12H21BrN4. The van der Waals surface area contributed by atoms with E-state index in [2.05, 4.69) is 43.5 Å². The fraction of sp³-hybridized carbons (Fsp3) is 0.667. The lowest BCUT2D eigenvalue weighted by molar-refractivity contribution is 0.684. The quantitative estimate of drug-likeness (QED) is 0.719. The summed E-state index contributed by atoms with van der Waals surface area (Å²) in [5.74, 6) is 1.71. The van der Waals surface area contributed by atoms with Crippen LogP contribution in [0, 0.1) is 0 Å². The Morgan fingerprint density at radius 2 is 1.76 bits per heavy atom. The van der Waals surface area contributed by atoms with E-state index in [1.165, 1.54) is 25.7 Å². The lowest BCUT2D eigenvalue weighted by atomic mass is 10.2. The van der Waals surface area contributed by atoms with Crippen molar-refractivity contribution in [1.82, 2.24) is 9.97 Å². The number of nitrogens with zero attached hydrogens (tertiary/aromatic N) is 2. The zero-order chi connectivity index (χ0) is 12.5. The second-order valence-corrected chi connectivity index (χ2v) is 4.70. The fourth-order valence-electron chi connectivity index (χ4n) is 1.54. The molecule has 0 aliphatic heterocycles. The molecule has 0 atom stereocenters. The van der Waals surface area contributed by atoms with Gasteiger partial charge >= 0.3 is 0 Å². The van der Waals surface area contributed by atoms with E-state index in [0.29, 0.717) is 0 Å².